The molecule has 138 valence electrons. The van der Waals surface area contributed by atoms with E-state index in [1.807, 2.05) is 12.1 Å². The molecule has 3 amide bonds. The molecule has 2 atom stereocenters. The lowest BCUT2D eigenvalue weighted by Crippen LogP contribution is -2.52. The molecule has 7 nitrogen and oxygen atoms in total. The maximum atomic E-state index is 12.9. The number of benzene rings is 1. The third kappa shape index (κ3) is 3.12. The highest BCUT2D eigenvalue weighted by molar-refractivity contribution is 6.05. The average Bonchev–Trinajstić information content (AvgIpc) is 3.24. The lowest BCUT2D eigenvalue weighted by Gasteiger charge is -2.29. The second-order valence-electron chi connectivity index (χ2n) is 7.45. The summed E-state index contributed by atoms with van der Waals surface area (Å²) in [5, 5.41) is 5.71. The number of fused-ring (bicyclic) bond motifs is 1. The fourth-order valence-corrected chi connectivity index (χ4v) is 4.13. The minimum atomic E-state index is -0.553. The van der Waals surface area contributed by atoms with Crippen LogP contribution in [0.4, 0.5) is 0 Å². The van der Waals surface area contributed by atoms with E-state index in [1.165, 1.54) is 0 Å². The van der Waals surface area contributed by atoms with Crippen molar-refractivity contribution in [3.05, 3.63) is 34.9 Å². The Labute approximate surface area is 152 Å². The van der Waals surface area contributed by atoms with Gasteiger partial charge in [-0.15, -0.1) is 0 Å². The topological polar surface area (TPSA) is 81.8 Å². The predicted molar refractivity (Wildman–Crippen MR) is 95.2 cm³/mol. The van der Waals surface area contributed by atoms with E-state index in [4.69, 9.17) is 0 Å². The van der Waals surface area contributed by atoms with Crippen molar-refractivity contribution in [3.63, 3.8) is 0 Å². The number of amides is 3. The molecule has 4 rings (SSSR count). The Hall–Kier alpha value is -2.25. The Balaban J connectivity index is 1.48. The fraction of sp³-hybridized carbons (Fsp3) is 0.526. The van der Waals surface area contributed by atoms with E-state index in [9.17, 15) is 14.4 Å². The molecule has 26 heavy (non-hydrogen) atoms. The largest absolute Gasteiger partial charge is 0.322 e. The van der Waals surface area contributed by atoms with E-state index in [1.54, 1.807) is 4.90 Å². The van der Waals surface area contributed by atoms with Gasteiger partial charge in [0.05, 0.1) is 0 Å². The summed E-state index contributed by atoms with van der Waals surface area (Å²) < 4.78 is 0. The van der Waals surface area contributed by atoms with Crippen LogP contribution in [0.3, 0.4) is 0 Å². The molecule has 1 unspecified atom stereocenters. The number of hydrogen-bond donors (Lipinski definition) is 2. The number of piperidine rings is 1. The standard InChI is InChI=1S/C19H24N4O3/c1-22(14-6-7-20-9-14)10-12-2-3-13-11-23(19(26)15(13)8-12)16-4-5-17(24)21-18(16)25/h2-3,8,14,16,20H,4-7,9-11H2,1H3,(H,21,24,25)/t14-,16?/m1/s1. The number of nitrogens with zero attached hydrogens (tertiary/aromatic N) is 2. The van der Waals surface area contributed by atoms with Crippen molar-refractivity contribution in [2.24, 2.45) is 0 Å². The van der Waals surface area contributed by atoms with Gasteiger partial charge in [0.1, 0.15) is 6.04 Å². The van der Waals surface area contributed by atoms with Crippen LogP contribution in [0.25, 0.3) is 0 Å². The number of hydrogen-bond acceptors (Lipinski definition) is 5. The van der Waals surface area contributed by atoms with Crippen LogP contribution in [-0.2, 0) is 22.7 Å². The number of likely N-dealkylation sites (N-methyl/N-ethyl adjacent to an activating group) is 1. The van der Waals surface area contributed by atoms with Gasteiger partial charge in [0, 0.05) is 37.7 Å². The van der Waals surface area contributed by atoms with Gasteiger partial charge >= 0.3 is 0 Å². The maximum Gasteiger partial charge on any atom is 0.255 e. The summed E-state index contributed by atoms with van der Waals surface area (Å²) >= 11 is 0. The Morgan fingerprint density at radius 2 is 2.08 bits per heavy atom. The van der Waals surface area contributed by atoms with Crippen LogP contribution in [0.1, 0.15) is 40.7 Å². The lowest BCUT2D eigenvalue weighted by atomic mass is 10.0. The third-order valence-corrected chi connectivity index (χ3v) is 5.68. The van der Waals surface area contributed by atoms with E-state index in [0.717, 1.165) is 37.2 Å². The maximum absolute atomic E-state index is 12.9. The van der Waals surface area contributed by atoms with Crippen LogP contribution in [0, 0.1) is 0 Å². The molecule has 1 aromatic carbocycles. The zero-order chi connectivity index (χ0) is 18.3. The van der Waals surface area contributed by atoms with Gasteiger partial charge in [-0.25, -0.2) is 0 Å². The van der Waals surface area contributed by atoms with Crippen molar-refractivity contribution in [2.45, 2.75) is 44.4 Å². The molecule has 0 radical (unpaired) electrons. The van der Waals surface area contributed by atoms with Gasteiger partial charge in [-0.2, -0.15) is 0 Å². The van der Waals surface area contributed by atoms with Crippen molar-refractivity contribution >= 4 is 17.7 Å². The van der Waals surface area contributed by atoms with E-state index in [0.29, 0.717) is 24.6 Å². The minimum Gasteiger partial charge on any atom is -0.322 e. The summed E-state index contributed by atoms with van der Waals surface area (Å²) in [6.45, 7) is 3.29. The molecular formula is C19H24N4O3. The zero-order valence-corrected chi connectivity index (χ0v) is 15.0. The van der Waals surface area contributed by atoms with E-state index in [2.05, 4.69) is 28.6 Å². The first kappa shape index (κ1) is 17.2. The van der Waals surface area contributed by atoms with Crippen LogP contribution in [0.5, 0.6) is 0 Å². The quantitative estimate of drug-likeness (QED) is 0.756. The molecule has 3 aliphatic heterocycles. The Morgan fingerprint density at radius 1 is 1.23 bits per heavy atom. The van der Waals surface area contributed by atoms with Gasteiger partial charge < -0.3 is 10.2 Å². The first-order valence-corrected chi connectivity index (χ1v) is 9.20. The van der Waals surface area contributed by atoms with Gasteiger partial charge in [0.25, 0.3) is 5.91 Å². The number of carbonyl (C=O) groups is 3. The molecule has 0 saturated carbocycles. The van der Waals surface area contributed by atoms with Crippen LogP contribution >= 0.6 is 0 Å². The first-order valence-electron chi connectivity index (χ1n) is 9.20. The summed E-state index contributed by atoms with van der Waals surface area (Å²) in [6, 6.07) is 6.00. The number of carbonyl (C=O) groups excluding carboxylic acids is 3. The average molecular weight is 356 g/mol. The lowest BCUT2D eigenvalue weighted by molar-refractivity contribution is -0.136. The monoisotopic (exact) mass is 356 g/mol. The Kier molecular flexibility index (Phi) is 4.50. The molecule has 0 aliphatic carbocycles. The summed E-state index contributed by atoms with van der Waals surface area (Å²) in [6.07, 6.45) is 1.82. The van der Waals surface area contributed by atoms with Crippen LogP contribution < -0.4 is 10.6 Å². The number of rotatable bonds is 4. The Bertz CT molecular complexity index is 757. The van der Waals surface area contributed by atoms with Crippen LogP contribution in [0.2, 0.25) is 0 Å². The van der Waals surface area contributed by atoms with Crippen molar-refractivity contribution in [1.29, 1.82) is 0 Å². The second kappa shape index (κ2) is 6.81. The highest BCUT2D eigenvalue weighted by Gasteiger charge is 2.39. The summed E-state index contributed by atoms with van der Waals surface area (Å²) in [5.74, 6) is -0.736. The molecule has 0 bridgehead atoms. The van der Waals surface area contributed by atoms with Gasteiger partial charge in [0.15, 0.2) is 0 Å². The Morgan fingerprint density at radius 3 is 2.81 bits per heavy atom. The summed E-state index contributed by atoms with van der Waals surface area (Å²) in [4.78, 5) is 40.2. The second-order valence-corrected chi connectivity index (χ2v) is 7.45. The van der Waals surface area contributed by atoms with Crippen molar-refractivity contribution in [1.82, 2.24) is 20.4 Å². The molecule has 0 aromatic heterocycles. The zero-order valence-electron chi connectivity index (χ0n) is 15.0. The smallest absolute Gasteiger partial charge is 0.255 e. The van der Waals surface area contributed by atoms with Gasteiger partial charge in [-0.1, -0.05) is 12.1 Å². The van der Waals surface area contributed by atoms with Crippen molar-refractivity contribution in [3.8, 4) is 0 Å². The summed E-state index contributed by atoms with van der Waals surface area (Å²) in [7, 11) is 2.11. The fourth-order valence-electron chi connectivity index (χ4n) is 4.13. The van der Waals surface area contributed by atoms with Gasteiger partial charge in [0.2, 0.25) is 11.8 Å². The molecule has 2 fully saturated rings. The van der Waals surface area contributed by atoms with E-state index >= 15 is 0 Å². The molecular weight excluding hydrogens is 332 g/mol. The predicted octanol–water partition coefficient (Wildman–Crippen LogP) is 0.241. The molecule has 7 heteroatoms. The third-order valence-electron chi connectivity index (χ3n) is 5.68. The van der Waals surface area contributed by atoms with Crippen molar-refractivity contribution < 1.29 is 14.4 Å². The molecule has 0 spiro atoms. The molecule has 2 N–H and O–H groups in total. The first-order chi connectivity index (χ1) is 12.5. The molecule has 3 heterocycles. The summed E-state index contributed by atoms with van der Waals surface area (Å²) in [5.41, 5.74) is 2.75. The van der Waals surface area contributed by atoms with Crippen LogP contribution in [0.15, 0.2) is 18.2 Å². The number of imide groups is 1. The van der Waals surface area contributed by atoms with Gasteiger partial charge in [-0.05, 0) is 43.6 Å². The SMILES string of the molecule is CN(Cc1ccc2c(c1)C(=O)N(C1CCC(=O)NC1=O)C2)[C@@H]1CCNC1. The van der Waals surface area contributed by atoms with Gasteiger partial charge in [-0.3, -0.25) is 24.6 Å². The van der Waals surface area contributed by atoms with Crippen molar-refractivity contribution in [2.75, 3.05) is 20.1 Å². The minimum absolute atomic E-state index is 0.110. The molecule has 1 aromatic rings. The highest BCUT2D eigenvalue weighted by Crippen LogP contribution is 2.28. The molecule has 3 aliphatic rings. The number of nitrogens with one attached hydrogen (secondary N) is 2. The van der Waals surface area contributed by atoms with E-state index < -0.39 is 6.04 Å². The van der Waals surface area contributed by atoms with E-state index in [-0.39, 0.29) is 24.1 Å². The highest BCUT2D eigenvalue weighted by atomic mass is 16.2. The van der Waals surface area contributed by atoms with Crippen LogP contribution in [-0.4, -0.2) is 59.7 Å². The normalized spacial score (nSPS) is 25.8. The molecule has 2 saturated heterocycles.